The van der Waals surface area contributed by atoms with Crippen molar-refractivity contribution in [2.45, 2.75) is 56.9 Å². The van der Waals surface area contributed by atoms with Gasteiger partial charge in [0, 0.05) is 17.8 Å². The van der Waals surface area contributed by atoms with Crippen LogP contribution in [0.25, 0.3) is 0 Å². The minimum atomic E-state index is -3.47. The van der Waals surface area contributed by atoms with Crippen LogP contribution in [0.1, 0.15) is 45.6 Å². The number of benzene rings is 1. The van der Waals surface area contributed by atoms with Crippen molar-refractivity contribution in [1.82, 2.24) is 4.72 Å². The summed E-state index contributed by atoms with van der Waals surface area (Å²) in [6.07, 6.45) is 3.65. The molecule has 0 spiro atoms. The molecule has 4 nitrogen and oxygen atoms in total. The van der Waals surface area contributed by atoms with E-state index < -0.39 is 10.0 Å². The van der Waals surface area contributed by atoms with Gasteiger partial charge in [-0.15, -0.1) is 0 Å². The summed E-state index contributed by atoms with van der Waals surface area (Å²) in [5.41, 5.74) is 1.76. The molecular formula is C15H24N2O2S. The molecule has 0 unspecified atom stereocenters. The maximum absolute atomic E-state index is 12.5. The van der Waals surface area contributed by atoms with Gasteiger partial charge in [-0.3, -0.25) is 0 Å². The van der Waals surface area contributed by atoms with Crippen molar-refractivity contribution in [2.75, 3.05) is 11.9 Å². The van der Waals surface area contributed by atoms with Crippen LogP contribution < -0.4 is 10.0 Å². The highest BCUT2D eigenvalue weighted by Crippen LogP contribution is 2.26. The highest BCUT2D eigenvalue weighted by Gasteiger charge is 2.27. The smallest absolute Gasteiger partial charge is 0.241 e. The number of sulfonamides is 1. The molecule has 20 heavy (non-hydrogen) atoms. The predicted molar refractivity (Wildman–Crippen MR) is 82.6 cm³/mol. The third-order valence-corrected chi connectivity index (χ3v) is 5.91. The first-order chi connectivity index (χ1) is 9.40. The van der Waals surface area contributed by atoms with Crippen LogP contribution in [-0.4, -0.2) is 20.5 Å². The summed E-state index contributed by atoms with van der Waals surface area (Å²) in [5.74, 6) is 0. The molecule has 1 aliphatic rings. The lowest BCUT2D eigenvalue weighted by atomic mass is 9.98. The zero-order valence-electron chi connectivity index (χ0n) is 12.5. The fourth-order valence-electron chi connectivity index (χ4n) is 2.38. The van der Waals surface area contributed by atoms with E-state index in [2.05, 4.69) is 10.0 Å². The van der Waals surface area contributed by atoms with Crippen molar-refractivity contribution < 1.29 is 8.42 Å². The minimum Gasteiger partial charge on any atom is -0.385 e. The summed E-state index contributed by atoms with van der Waals surface area (Å²) in [7, 11) is -3.47. The Morgan fingerprint density at radius 3 is 2.65 bits per heavy atom. The number of anilines is 1. The molecule has 0 saturated heterocycles. The molecule has 0 saturated carbocycles. The second-order valence-electron chi connectivity index (χ2n) is 5.72. The van der Waals surface area contributed by atoms with E-state index in [1.54, 1.807) is 12.1 Å². The van der Waals surface area contributed by atoms with Gasteiger partial charge in [0.15, 0.2) is 0 Å². The predicted octanol–water partition coefficient (Wildman–Crippen LogP) is 2.90. The van der Waals surface area contributed by atoms with Gasteiger partial charge in [0.25, 0.3) is 0 Å². The van der Waals surface area contributed by atoms with Crippen molar-refractivity contribution in [1.29, 1.82) is 0 Å². The Morgan fingerprint density at radius 2 is 2.00 bits per heavy atom. The summed E-state index contributed by atoms with van der Waals surface area (Å²) in [6, 6.07) is 5.38. The first kappa shape index (κ1) is 15.3. The summed E-state index contributed by atoms with van der Waals surface area (Å²) in [5, 5.41) is 3.27. The number of hydrogen-bond donors (Lipinski definition) is 2. The van der Waals surface area contributed by atoms with E-state index in [1.807, 2.05) is 26.8 Å². The fourth-order valence-corrected chi connectivity index (χ4v) is 3.96. The summed E-state index contributed by atoms with van der Waals surface area (Å²) in [4.78, 5) is 0.346. The van der Waals surface area contributed by atoms with E-state index in [0.717, 1.165) is 37.9 Å². The lowest BCUT2D eigenvalue weighted by molar-refractivity contribution is 0.388. The molecule has 1 aromatic rings. The molecule has 0 aliphatic carbocycles. The number of hydrogen-bond acceptors (Lipinski definition) is 3. The van der Waals surface area contributed by atoms with Crippen molar-refractivity contribution >= 4 is 15.7 Å². The van der Waals surface area contributed by atoms with Crippen LogP contribution in [0.15, 0.2) is 23.1 Å². The zero-order valence-corrected chi connectivity index (χ0v) is 13.3. The molecule has 0 amide bonds. The molecule has 0 fully saturated rings. The molecule has 112 valence electrons. The SMILES string of the molecule is CCC(C)(CC)NS(=O)(=O)c1ccc2c(c1)NCCC2. The maximum atomic E-state index is 12.5. The standard InChI is InChI=1S/C15H24N2O2S/c1-4-15(3,5-2)17-20(18,19)13-9-8-12-7-6-10-16-14(12)11-13/h8-9,11,16-17H,4-7,10H2,1-3H3. The Bertz CT molecular complexity index is 578. The van der Waals surface area contributed by atoms with Crippen molar-refractivity contribution in [3.05, 3.63) is 23.8 Å². The Balaban J connectivity index is 2.30. The van der Waals surface area contributed by atoms with Gasteiger partial charge >= 0.3 is 0 Å². The van der Waals surface area contributed by atoms with Crippen molar-refractivity contribution in [3.8, 4) is 0 Å². The monoisotopic (exact) mass is 296 g/mol. The van der Waals surface area contributed by atoms with Gasteiger partial charge in [-0.25, -0.2) is 13.1 Å². The molecule has 1 aromatic carbocycles. The second kappa shape index (κ2) is 5.74. The van der Waals surface area contributed by atoms with E-state index in [4.69, 9.17) is 0 Å². The summed E-state index contributed by atoms with van der Waals surface area (Å²) in [6.45, 7) is 6.85. The van der Waals surface area contributed by atoms with E-state index in [-0.39, 0.29) is 5.54 Å². The van der Waals surface area contributed by atoms with Crippen LogP contribution in [0.3, 0.4) is 0 Å². The third kappa shape index (κ3) is 3.15. The number of fused-ring (bicyclic) bond motifs is 1. The normalized spacial score (nSPS) is 15.6. The fraction of sp³-hybridized carbons (Fsp3) is 0.600. The first-order valence-electron chi connectivity index (χ1n) is 7.31. The molecule has 1 heterocycles. The number of nitrogens with one attached hydrogen (secondary N) is 2. The third-order valence-electron chi connectivity index (χ3n) is 4.27. The molecular weight excluding hydrogens is 272 g/mol. The van der Waals surface area contributed by atoms with Crippen LogP contribution in [0.2, 0.25) is 0 Å². The topological polar surface area (TPSA) is 58.2 Å². The largest absolute Gasteiger partial charge is 0.385 e. The zero-order chi connectivity index (χ0) is 14.8. The van der Waals surface area contributed by atoms with E-state index in [1.165, 1.54) is 5.56 Å². The highest BCUT2D eigenvalue weighted by atomic mass is 32.2. The summed E-state index contributed by atoms with van der Waals surface area (Å²) < 4.78 is 27.9. The lowest BCUT2D eigenvalue weighted by Gasteiger charge is -2.28. The Kier molecular flexibility index (Phi) is 4.39. The van der Waals surface area contributed by atoms with Gasteiger partial charge in [0.05, 0.1) is 4.90 Å². The molecule has 1 aliphatic heterocycles. The van der Waals surface area contributed by atoms with Gasteiger partial charge in [-0.05, 0) is 50.3 Å². The van der Waals surface area contributed by atoms with Crippen molar-refractivity contribution in [2.24, 2.45) is 0 Å². The molecule has 2 N–H and O–H groups in total. The highest BCUT2D eigenvalue weighted by molar-refractivity contribution is 7.89. The molecule has 0 aromatic heterocycles. The summed E-state index contributed by atoms with van der Waals surface area (Å²) >= 11 is 0. The van der Waals surface area contributed by atoms with Gasteiger partial charge in [-0.2, -0.15) is 0 Å². The molecule has 2 rings (SSSR count). The van der Waals surface area contributed by atoms with Crippen molar-refractivity contribution in [3.63, 3.8) is 0 Å². The van der Waals surface area contributed by atoms with Crippen LogP contribution in [0.4, 0.5) is 5.69 Å². The van der Waals surface area contributed by atoms with E-state index in [0.29, 0.717) is 4.90 Å². The first-order valence-corrected chi connectivity index (χ1v) is 8.79. The lowest BCUT2D eigenvalue weighted by Crippen LogP contribution is -2.44. The number of rotatable bonds is 5. The molecule has 0 radical (unpaired) electrons. The Morgan fingerprint density at radius 1 is 1.30 bits per heavy atom. The van der Waals surface area contributed by atoms with Gasteiger partial charge in [0.1, 0.15) is 0 Å². The minimum absolute atomic E-state index is 0.346. The van der Waals surface area contributed by atoms with Gasteiger partial charge < -0.3 is 5.32 Å². The molecule has 0 bridgehead atoms. The number of aryl methyl sites for hydroxylation is 1. The van der Waals surface area contributed by atoms with E-state index in [9.17, 15) is 8.42 Å². The Labute approximate surface area is 122 Å². The van der Waals surface area contributed by atoms with Gasteiger partial charge in [-0.1, -0.05) is 19.9 Å². The average Bonchev–Trinajstić information content (AvgIpc) is 2.46. The van der Waals surface area contributed by atoms with Crippen LogP contribution in [0, 0.1) is 0 Å². The average molecular weight is 296 g/mol. The molecule has 0 atom stereocenters. The Hall–Kier alpha value is -1.07. The van der Waals surface area contributed by atoms with Crippen LogP contribution in [0.5, 0.6) is 0 Å². The van der Waals surface area contributed by atoms with Crippen LogP contribution >= 0.6 is 0 Å². The molecule has 5 heteroatoms. The van der Waals surface area contributed by atoms with Gasteiger partial charge in [0.2, 0.25) is 10.0 Å². The second-order valence-corrected chi connectivity index (χ2v) is 7.40. The quantitative estimate of drug-likeness (QED) is 0.878. The van der Waals surface area contributed by atoms with Crippen LogP contribution in [-0.2, 0) is 16.4 Å². The van der Waals surface area contributed by atoms with E-state index >= 15 is 0 Å². The maximum Gasteiger partial charge on any atom is 0.241 e.